The van der Waals surface area contributed by atoms with Crippen LogP contribution in [-0.4, -0.2) is 61.9 Å². The molecule has 0 aromatic heterocycles. The van der Waals surface area contributed by atoms with E-state index in [1.165, 1.54) is 6.92 Å². The van der Waals surface area contributed by atoms with Crippen LogP contribution in [0.5, 0.6) is 0 Å². The summed E-state index contributed by atoms with van der Waals surface area (Å²) in [5, 5.41) is 9.90. The molecular formula is C33H39N5O4. The van der Waals surface area contributed by atoms with E-state index in [0.717, 1.165) is 68.6 Å². The van der Waals surface area contributed by atoms with Crippen molar-refractivity contribution in [2.45, 2.75) is 45.2 Å². The number of benzene rings is 3. The van der Waals surface area contributed by atoms with E-state index in [4.69, 9.17) is 4.74 Å². The molecule has 5 rings (SSSR count). The van der Waals surface area contributed by atoms with Crippen LogP contribution in [0.15, 0.2) is 78.9 Å². The number of piperidine rings is 1. The van der Waals surface area contributed by atoms with Crippen molar-refractivity contribution in [2.75, 3.05) is 42.7 Å². The highest BCUT2D eigenvalue weighted by atomic mass is 16.6. The minimum Gasteiger partial charge on any atom is -0.446 e. The minimum absolute atomic E-state index is 0.0215. The molecule has 0 spiro atoms. The molecule has 0 bridgehead atoms. The Kier molecular flexibility index (Phi) is 9.84. The molecule has 9 nitrogen and oxygen atoms in total. The lowest BCUT2D eigenvalue weighted by Gasteiger charge is -2.37. The van der Waals surface area contributed by atoms with Gasteiger partial charge in [0.05, 0.1) is 18.4 Å². The average Bonchev–Trinajstić information content (AvgIpc) is 3.55. The van der Waals surface area contributed by atoms with Crippen LogP contribution in [0.1, 0.15) is 49.4 Å². The van der Waals surface area contributed by atoms with Crippen molar-refractivity contribution in [2.24, 2.45) is 0 Å². The molecule has 42 heavy (non-hydrogen) atoms. The minimum atomic E-state index is -0.474. The molecule has 2 aliphatic heterocycles. The fraction of sp³-hybridized carbons (Fsp3) is 0.364. The number of rotatable bonds is 9. The van der Waals surface area contributed by atoms with Crippen LogP contribution < -0.4 is 20.5 Å². The predicted octanol–water partition coefficient (Wildman–Crippen LogP) is 5.19. The maximum Gasteiger partial charge on any atom is 0.429 e. The van der Waals surface area contributed by atoms with Gasteiger partial charge >= 0.3 is 6.09 Å². The predicted molar refractivity (Wildman–Crippen MR) is 164 cm³/mol. The van der Waals surface area contributed by atoms with E-state index in [2.05, 4.69) is 15.6 Å². The van der Waals surface area contributed by atoms with Gasteiger partial charge in [-0.3, -0.25) is 19.8 Å². The number of hydrazine groups is 1. The molecule has 2 aliphatic rings. The van der Waals surface area contributed by atoms with Crippen LogP contribution in [0.25, 0.3) is 11.1 Å². The number of anilines is 2. The quantitative estimate of drug-likeness (QED) is 0.345. The van der Waals surface area contributed by atoms with E-state index >= 15 is 0 Å². The Morgan fingerprint density at radius 1 is 0.929 bits per heavy atom. The van der Waals surface area contributed by atoms with Gasteiger partial charge in [-0.2, -0.15) is 0 Å². The number of ether oxygens (including phenoxy) is 1. The normalized spacial score (nSPS) is 16.9. The van der Waals surface area contributed by atoms with Crippen LogP contribution in [0.3, 0.4) is 0 Å². The number of amides is 3. The van der Waals surface area contributed by atoms with Crippen molar-refractivity contribution in [1.82, 2.24) is 15.6 Å². The summed E-state index contributed by atoms with van der Waals surface area (Å²) in [6.45, 7) is 4.10. The van der Waals surface area contributed by atoms with E-state index in [0.29, 0.717) is 11.3 Å². The lowest BCUT2D eigenvalue weighted by molar-refractivity contribution is -0.117. The molecule has 1 unspecified atom stereocenters. The summed E-state index contributed by atoms with van der Waals surface area (Å²) in [6.07, 6.45) is 4.46. The Balaban J connectivity index is 1.24. The summed E-state index contributed by atoms with van der Waals surface area (Å²) in [6, 6.07) is 24.9. The topological polar surface area (TPSA) is 94.2 Å². The highest BCUT2D eigenvalue weighted by molar-refractivity contribution is 5.98. The van der Waals surface area contributed by atoms with Crippen molar-refractivity contribution in [1.29, 1.82) is 0 Å². The summed E-state index contributed by atoms with van der Waals surface area (Å²) < 4.78 is 5.72. The number of hydrogen-bond acceptors (Lipinski definition) is 6. The monoisotopic (exact) mass is 569 g/mol. The third kappa shape index (κ3) is 6.98. The van der Waals surface area contributed by atoms with Gasteiger partial charge in [0.2, 0.25) is 5.91 Å². The van der Waals surface area contributed by atoms with Crippen LogP contribution in [-0.2, 0) is 9.53 Å². The molecule has 0 saturated carbocycles. The van der Waals surface area contributed by atoms with Crippen LogP contribution in [0.2, 0.25) is 0 Å². The number of carbonyl (C=O) groups excluding carboxylic acids is 3. The molecule has 3 aromatic rings. The molecule has 2 fully saturated rings. The van der Waals surface area contributed by atoms with Gasteiger partial charge in [0, 0.05) is 36.8 Å². The fourth-order valence-electron chi connectivity index (χ4n) is 5.69. The Bertz CT molecular complexity index is 1370. The molecule has 0 radical (unpaired) electrons. The summed E-state index contributed by atoms with van der Waals surface area (Å²) in [7, 11) is 0. The second-order valence-corrected chi connectivity index (χ2v) is 10.6. The summed E-state index contributed by atoms with van der Waals surface area (Å²) >= 11 is 0. The first-order valence-electron chi connectivity index (χ1n) is 14.8. The second kappa shape index (κ2) is 14.1. The van der Waals surface area contributed by atoms with Crippen LogP contribution >= 0.6 is 0 Å². The second-order valence-electron chi connectivity index (χ2n) is 10.6. The zero-order valence-corrected chi connectivity index (χ0v) is 24.1. The first-order valence-corrected chi connectivity index (χ1v) is 14.8. The number of nitrogens with one attached hydrogen (secondary N) is 2. The Morgan fingerprint density at radius 3 is 2.43 bits per heavy atom. The summed E-state index contributed by atoms with van der Waals surface area (Å²) in [4.78, 5) is 40.6. The van der Waals surface area contributed by atoms with Gasteiger partial charge in [0.25, 0.3) is 5.91 Å². The lowest BCUT2D eigenvalue weighted by Crippen LogP contribution is -2.50. The third-order valence-corrected chi connectivity index (χ3v) is 7.69. The van der Waals surface area contributed by atoms with Crippen molar-refractivity contribution >= 4 is 29.3 Å². The standard InChI is InChI=1S/C33H39N5O4/c1-25(39)37(31-18-11-19-34-31)28-15-10-14-27(24-28)32(40)35-20-23-42-33(41)38(36-21-8-3-9-22-36)30-17-7-6-16-29(30)26-12-4-2-5-13-26/h2,4-7,10,12-17,24,31,34H,3,8-9,11,18-23H2,1H3,(H,35,40). The van der Waals surface area contributed by atoms with Gasteiger partial charge in [0.15, 0.2) is 0 Å². The van der Waals surface area contributed by atoms with E-state index in [-0.39, 0.29) is 31.1 Å². The molecule has 2 saturated heterocycles. The van der Waals surface area contributed by atoms with E-state index in [1.54, 1.807) is 28.1 Å². The molecular weight excluding hydrogens is 530 g/mol. The SMILES string of the molecule is CC(=O)N(c1cccc(C(=O)NCCOC(=O)N(c2ccccc2-c2ccccc2)N2CCCCC2)c1)C1CCCN1. The Hall–Kier alpha value is -4.21. The van der Waals surface area contributed by atoms with Gasteiger partial charge in [0.1, 0.15) is 6.61 Å². The molecule has 3 aromatic carbocycles. The zero-order valence-electron chi connectivity index (χ0n) is 24.1. The van der Waals surface area contributed by atoms with Crippen LogP contribution in [0, 0.1) is 0 Å². The molecule has 1 atom stereocenters. The molecule has 2 N–H and O–H groups in total. The first kappa shape index (κ1) is 29.3. The highest BCUT2D eigenvalue weighted by Crippen LogP contribution is 2.33. The van der Waals surface area contributed by atoms with Crippen molar-refractivity contribution in [3.63, 3.8) is 0 Å². The summed E-state index contributed by atoms with van der Waals surface area (Å²) in [5.41, 5.74) is 3.85. The Labute approximate surface area is 247 Å². The van der Waals surface area contributed by atoms with Gasteiger partial charge in [-0.15, -0.1) is 0 Å². The highest BCUT2D eigenvalue weighted by Gasteiger charge is 2.29. The largest absolute Gasteiger partial charge is 0.446 e. The molecule has 2 heterocycles. The van der Waals surface area contributed by atoms with Crippen molar-refractivity contribution in [3.05, 3.63) is 84.4 Å². The number of para-hydroxylation sites is 1. The van der Waals surface area contributed by atoms with Crippen LogP contribution in [0.4, 0.5) is 16.2 Å². The van der Waals surface area contributed by atoms with Gasteiger partial charge in [-0.25, -0.2) is 14.8 Å². The van der Waals surface area contributed by atoms with Gasteiger partial charge < -0.3 is 10.1 Å². The summed E-state index contributed by atoms with van der Waals surface area (Å²) in [5.74, 6) is -0.371. The van der Waals surface area contributed by atoms with E-state index in [1.807, 2.05) is 60.7 Å². The van der Waals surface area contributed by atoms with Crippen molar-refractivity contribution in [3.8, 4) is 11.1 Å². The molecule has 220 valence electrons. The third-order valence-electron chi connectivity index (χ3n) is 7.69. The lowest BCUT2D eigenvalue weighted by atomic mass is 10.0. The maximum absolute atomic E-state index is 13.6. The number of hydrogen-bond donors (Lipinski definition) is 2. The fourth-order valence-corrected chi connectivity index (χ4v) is 5.69. The molecule has 9 heteroatoms. The smallest absolute Gasteiger partial charge is 0.429 e. The average molecular weight is 570 g/mol. The first-order chi connectivity index (χ1) is 20.5. The van der Waals surface area contributed by atoms with Gasteiger partial charge in [-0.05, 0) is 62.1 Å². The zero-order chi connectivity index (χ0) is 29.3. The van der Waals surface area contributed by atoms with E-state index < -0.39 is 6.09 Å². The maximum atomic E-state index is 13.6. The molecule has 0 aliphatic carbocycles. The number of nitrogens with zero attached hydrogens (tertiary/aromatic N) is 3. The van der Waals surface area contributed by atoms with Crippen molar-refractivity contribution < 1.29 is 19.1 Å². The van der Waals surface area contributed by atoms with Gasteiger partial charge in [-0.1, -0.05) is 61.0 Å². The number of carbonyl (C=O) groups is 3. The molecule has 3 amide bonds. The van der Waals surface area contributed by atoms with E-state index in [9.17, 15) is 14.4 Å². The Morgan fingerprint density at radius 2 is 1.69 bits per heavy atom.